The van der Waals surface area contributed by atoms with E-state index in [1.807, 2.05) is 21.1 Å². The summed E-state index contributed by atoms with van der Waals surface area (Å²) in [5, 5.41) is 0. The Bertz CT molecular complexity index is 1000. The van der Waals surface area contributed by atoms with Gasteiger partial charge in [0.1, 0.15) is 19.8 Å². The van der Waals surface area contributed by atoms with E-state index < -0.39 is 26.5 Å². The van der Waals surface area contributed by atoms with E-state index in [9.17, 15) is 19.0 Å². The van der Waals surface area contributed by atoms with E-state index in [1.54, 1.807) is 0 Å². The molecule has 0 saturated heterocycles. The number of esters is 2. The Labute approximate surface area is 358 Å². The molecular formula is C48H95NO8P+. The molecule has 0 fully saturated rings. The monoisotopic (exact) mass is 845 g/mol. The van der Waals surface area contributed by atoms with Crippen LogP contribution in [-0.2, 0) is 32.7 Å². The molecule has 9 nitrogen and oxygen atoms in total. The largest absolute Gasteiger partial charge is 0.472 e. The Morgan fingerprint density at radius 3 is 1.34 bits per heavy atom. The lowest BCUT2D eigenvalue weighted by atomic mass is 10.0. The Hall–Kier alpha value is -1.25. The van der Waals surface area contributed by atoms with E-state index in [0.29, 0.717) is 23.9 Å². The van der Waals surface area contributed by atoms with Crippen LogP contribution < -0.4 is 0 Å². The summed E-state index contributed by atoms with van der Waals surface area (Å²) in [6, 6.07) is 0. The maximum Gasteiger partial charge on any atom is 0.472 e. The molecule has 0 aliphatic rings. The molecule has 0 heterocycles. The summed E-state index contributed by atoms with van der Waals surface area (Å²) in [7, 11) is 1.49. The summed E-state index contributed by atoms with van der Waals surface area (Å²) in [6.07, 6.45) is 44.0. The van der Waals surface area contributed by atoms with Gasteiger partial charge >= 0.3 is 19.8 Å². The molecule has 344 valence electrons. The van der Waals surface area contributed by atoms with Crippen LogP contribution in [0.2, 0.25) is 0 Å². The first-order valence-electron chi connectivity index (χ1n) is 24.4. The number of allylic oxidation sites excluding steroid dienone is 2. The van der Waals surface area contributed by atoms with E-state index in [-0.39, 0.29) is 25.6 Å². The molecule has 0 amide bonds. The van der Waals surface area contributed by atoms with E-state index in [0.717, 1.165) is 38.5 Å². The number of likely N-dealkylation sites (N-methyl/N-ethyl adjacent to an activating group) is 1. The summed E-state index contributed by atoms with van der Waals surface area (Å²) in [6.45, 7) is 4.39. The van der Waals surface area contributed by atoms with E-state index in [2.05, 4.69) is 26.0 Å². The maximum atomic E-state index is 12.7. The highest BCUT2D eigenvalue weighted by atomic mass is 31.2. The molecule has 0 aromatic rings. The number of phosphoric ester groups is 1. The summed E-state index contributed by atoms with van der Waals surface area (Å²) >= 11 is 0. The van der Waals surface area contributed by atoms with Gasteiger partial charge in [0.25, 0.3) is 0 Å². The molecule has 58 heavy (non-hydrogen) atoms. The topological polar surface area (TPSA) is 108 Å². The van der Waals surface area contributed by atoms with Gasteiger partial charge in [-0.3, -0.25) is 18.6 Å². The highest BCUT2D eigenvalue weighted by Crippen LogP contribution is 2.43. The lowest BCUT2D eigenvalue weighted by Gasteiger charge is -2.24. The highest BCUT2D eigenvalue weighted by Gasteiger charge is 2.27. The number of hydrogen-bond donors (Lipinski definition) is 1. The van der Waals surface area contributed by atoms with Crippen molar-refractivity contribution in [3.05, 3.63) is 12.2 Å². The minimum absolute atomic E-state index is 0.0354. The minimum atomic E-state index is -4.37. The molecule has 0 aromatic heterocycles. The third kappa shape index (κ3) is 44.3. The molecule has 0 saturated carbocycles. The fourth-order valence-corrected chi connectivity index (χ4v) is 7.76. The van der Waals surface area contributed by atoms with Crippen molar-refractivity contribution in [2.24, 2.45) is 0 Å². The molecule has 0 aliphatic heterocycles. The van der Waals surface area contributed by atoms with Gasteiger partial charge < -0.3 is 18.9 Å². The Morgan fingerprint density at radius 2 is 0.931 bits per heavy atom. The van der Waals surface area contributed by atoms with Gasteiger partial charge in [-0.15, -0.1) is 0 Å². The average molecular weight is 845 g/mol. The van der Waals surface area contributed by atoms with Gasteiger partial charge in [0, 0.05) is 12.8 Å². The van der Waals surface area contributed by atoms with Crippen LogP contribution in [-0.4, -0.2) is 74.9 Å². The second-order valence-electron chi connectivity index (χ2n) is 17.8. The van der Waals surface area contributed by atoms with Crippen LogP contribution in [0.4, 0.5) is 0 Å². The van der Waals surface area contributed by atoms with Gasteiger partial charge in [-0.2, -0.15) is 0 Å². The van der Waals surface area contributed by atoms with Gasteiger partial charge in [0.2, 0.25) is 0 Å². The molecular weight excluding hydrogens is 750 g/mol. The van der Waals surface area contributed by atoms with Crippen molar-refractivity contribution in [3.8, 4) is 0 Å². The van der Waals surface area contributed by atoms with Crippen LogP contribution in [0.3, 0.4) is 0 Å². The number of ether oxygens (including phenoxy) is 2. The van der Waals surface area contributed by atoms with Crippen molar-refractivity contribution in [1.29, 1.82) is 0 Å². The fourth-order valence-electron chi connectivity index (χ4n) is 7.02. The number of hydrogen-bond acceptors (Lipinski definition) is 7. The van der Waals surface area contributed by atoms with E-state index in [4.69, 9.17) is 18.5 Å². The summed E-state index contributed by atoms with van der Waals surface area (Å²) in [5.41, 5.74) is 0. The van der Waals surface area contributed by atoms with Crippen molar-refractivity contribution in [2.75, 3.05) is 47.5 Å². The second kappa shape index (κ2) is 41.1. The number of rotatable bonds is 45. The van der Waals surface area contributed by atoms with Gasteiger partial charge in [-0.05, 0) is 32.1 Å². The third-order valence-corrected chi connectivity index (χ3v) is 11.8. The summed E-state index contributed by atoms with van der Waals surface area (Å²) in [5.74, 6) is -0.784. The van der Waals surface area contributed by atoms with Gasteiger partial charge in [0.05, 0.1) is 27.7 Å². The number of carbonyl (C=O) groups is 2. The molecule has 0 aliphatic carbocycles. The molecule has 0 aromatic carbocycles. The Balaban J connectivity index is 4.24. The molecule has 0 radical (unpaired) electrons. The third-order valence-electron chi connectivity index (χ3n) is 10.8. The maximum absolute atomic E-state index is 12.7. The molecule has 10 heteroatoms. The van der Waals surface area contributed by atoms with Crippen LogP contribution in [0.5, 0.6) is 0 Å². The Morgan fingerprint density at radius 1 is 0.534 bits per heavy atom. The predicted molar refractivity (Wildman–Crippen MR) is 243 cm³/mol. The molecule has 1 N–H and O–H groups in total. The van der Waals surface area contributed by atoms with Crippen molar-refractivity contribution in [2.45, 2.75) is 238 Å². The van der Waals surface area contributed by atoms with Gasteiger partial charge in [0.15, 0.2) is 6.10 Å². The number of unbranched alkanes of at least 4 members (excludes halogenated alkanes) is 29. The predicted octanol–water partition coefficient (Wildman–Crippen LogP) is 14.1. The van der Waals surface area contributed by atoms with Gasteiger partial charge in [-0.25, -0.2) is 4.57 Å². The second-order valence-corrected chi connectivity index (χ2v) is 19.3. The normalized spacial score (nSPS) is 13.6. The fraction of sp³-hybridized carbons (Fsp3) is 0.917. The standard InChI is InChI=1S/C48H94NO8P/c1-6-8-10-12-14-16-18-20-22-24-26-28-30-32-34-36-38-40-47(50)54-44-46(45-56-58(52,53)55-43-42-49(3,4)5)57-48(51)41-39-37-35-33-31-29-27-25-23-21-19-17-15-13-11-9-7-2/h9,11,46H,6-8,10,12-45H2,1-5H3/p+1/b11-9+/t46-/m1/s1. The molecule has 0 spiro atoms. The first-order chi connectivity index (χ1) is 28.0. The van der Waals surface area contributed by atoms with Gasteiger partial charge in [-0.1, -0.05) is 199 Å². The summed E-state index contributed by atoms with van der Waals surface area (Å²) < 4.78 is 34.4. The molecule has 2 atom stereocenters. The first kappa shape index (κ1) is 56.8. The lowest BCUT2D eigenvalue weighted by molar-refractivity contribution is -0.870. The van der Waals surface area contributed by atoms with Crippen LogP contribution >= 0.6 is 7.82 Å². The number of phosphoric acid groups is 1. The van der Waals surface area contributed by atoms with E-state index in [1.165, 1.54) is 161 Å². The van der Waals surface area contributed by atoms with Crippen molar-refractivity contribution < 1.29 is 42.1 Å². The van der Waals surface area contributed by atoms with Crippen LogP contribution in [0.25, 0.3) is 0 Å². The van der Waals surface area contributed by atoms with Crippen molar-refractivity contribution in [3.63, 3.8) is 0 Å². The molecule has 0 rings (SSSR count). The number of carbonyl (C=O) groups excluding carboxylic acids is 2. The highest BCUT2D eigenvalue weighted by molar-refractivity contribution is 7.47. The Kier molecular flexibility index (Phi) is 40.2. The first-order valence-corrected chi connectivity index (χ1v) is 25.9. The van der Waals surface area contributed by atoms with Crippen molar-refractivity contribution >= 4 is 19.8 Å². The SMILES string of the molecule is CC/C=C/CCCCCCCCCCCCCCCC(=O)O[C@H](COC(=O)CCCCCCCCCCCCCCCCCCC)COP(=O)(O)OCC[N+](C)(C)C. The van der Waals surface area contributed by atoms with Crippen LogP contribution in [0, 0.1) is 0 Å². The van der Waals surface area contributed by atoms with Crippen molar-refractivity contribution in [1.82, 2.24) is 0 Å². The quantitative estimate of drug-likeness (QED) is 0.0212. The average Bonchev–Trinajstić information content (AvgIpc) is 3.17. The van der Waals surface area contributed by atoms with E-state index >= 15 is 0 Å². The molecule has 0 bridgehead atoms. The number of quaternary nitrogens is 1. The zero-order valence-corrected chi connectivity index (χ0v) is 39.7. The summed E-state index contributed by atoms with van der Waals surface area (Å²) in [4.78, 5) is 35.5. The minimum Gasteiger partial charge on any atom is -0.462 e. The number of nitrogens with zero attached hydrogens (tertiary/aromatic N) is 1. The smallest absolute Gasteiger partial charge is 0.462 e. The lowest BCUT2D eigenvalue weighted by Crippen LogP contribution is -2.37. The zero-order valence-electron chi connectivity index (χ0n) is 38.8. The van der Waals surface area contributed by atoms with Crippen LogP contribution in [0.15, 0.2) is 12.2 Å². The van der Waals surface area contributed by atoms with Crippen LogP contribution in [0.1, 0.15) is 232 Å². The zero-order chi connectivity index (χ0) is 42.8. The molecule has 1 unspecified atom stereocenters.